The molecule has 3 aliphatic rings. The number of nitrogens with zero attached hydrogens (tertiary/aromatic N) is 2. The molecular formula is C56H60B3BrN2O8. The number of hydrogen-bond donors (Lipinski definition) is 0. The lowest BCUT2D eigenvalue weighted by Gasteiger charge is -2.32. The molecule has 3 saturated heterocycles. The normalized spacial score (nSPS) is 19.3. The molecule has 3 fully saturated rings. The summed E-state index contributed by atoms with van der Waals surface area (Å²) in [6.45, 7) is 24.5. The fourth-order valence-corrected chi connectivity index (χ4v) is 9.38. The Kier molecular flexibility index (Phi) is 12.8. The highest BCUT2D eigenvalue weighted by molar-refractivity contribution is 9.10. The van der Waals surface area contributed by atoms with E-state index in [1.807, 2.05) is 116 Å². The van der Waals surface area contributed by atoms with E-state index >= 15 is 0 Å². The van der Waals surface area contributed by atoms with Crippen molar-refractivity contribution in [2.24, 2.45) is 0 Å². The van der Waals surface area contributed by atoms with Crippen LogP contribution in [-0.2, 0) is 27.9 Å². The maximum Gasteiger partial charge on any atom is 0.494 e. The van der Waals surface area contributed by atoms with Gasteiger partial charge in [-0.15, -0.1) is 0 Å². The second-order valence-electron chi connectivity index (χ2n) is 21.4. The van der Waals surface area contributed by atoms with Gasteiger partial charge in [-0.1, -0.05) is 64.5 Å². The number of hydrogen-bond acceptors (Lipinski definition) is 8. The van der Waals surface area contributed by atoms with Crippen molar-refractivity contribution in [3.05, 3.63) is 149 Å². The van der Waals surface area contributed by atoms with Crippen LogP contribution in [-0.4, -0.2) is 76.4 Å². The SMILES string of the molecule is CC1(C)OB(B2OC(C)(C)C(C)(C)O2)OC1(C)C.CC1(C)OB(c2ccc3c(c2)c2ccccc2n3-c2ccc(C=O)cc2)OC1(C)C.O=Cc1ccc(-n2c3ccccc3c3cc(Br)ccc32)cc1. The summed E-state index contributed by atoms with van der Waals surface area (Å²) in [6, 6.07) is 44.8. The fraction of sp³-hybridized carbons (Fsp3) is 0.321. The predicted octanol–water partition coefficient (Wildman–Crippen LogP) is 12.5. The average Bonchev–Trinajstić information content (AvgIpc) is 4.02. The van der Waals surface area contributed by atoms with E-state index in [0.717, 1.165) is 61.3 Å². The largest absolute Gasteiger partial charge is 0.494 e. The maximum absolute atomic E-state index is 11.1. The Bertz CT molecular complexity index is 3190. The van der Waals surface area contributed by atoms with Crippen molar-refractivity contribution in [2.75, 3.05) is 0 Å². The highest BCUT2D eigenvalue weighted by Gasteiger charge is 2.63. The van der Waals surface area contributed by atoms with Crippen molar-refractivity contribution < 1.29 is 37.5 Å². The lowest BCUT2D eigenvalue weighted by atomic mass is 9.49. The van der Waals surface area contributed by atoms with Gasteiger partial charge in [-0.05, 0) is 173 Å². The number of carbonyl (C=O) groups excluding carboxylic acids is 2. The molecule has 0 N–H and O–H groups in total. The Morgan fingerprint density at radius 1 is 0.400 bits per heavy atom. The van der Waals surface area contributed by atoms with Gasteiger partial charge in [0.25, 0.3) is 0 Å². The molecule has 14 heteroatoms. The van der Waals surface area contributed by atoms with E-state index in [-0.39, 0.29) is 33.6 Å². The van der Waals surface area contributed by atoms with E-state index in [9.17, 15) is 9.59 Å². The Labute approximate surface area is 420 Å². The summed E-state index contributed by atoms with van der Waals surface area (Å²) in [7, 11) is -1.35. The molecular weight excluding hydrogens is 941 g/mol. The van der Waals surface area contributed by atoms with Crippen LogP contribution in [0.2, 0.25) is 0 Å². The molecule has 0 unspecified atom stereocenters. The third-order valence-electron chi connectivity index (χ3n) is 15.2. The minimum Gasteiger partial charge on any atom is -0.405 e. The van der Waals surface area contributed by atoms with Crippen LogP contribution in [0.3, 0.4) is 0 Å². The first-order chi connectivity index (χ1) is 33.0. The molecule has 8 aromatic rings. The molecule has 0 aliphatic carbocycles. The number of aromatic nitrogens is 2. The van der Waals surface area contributed by atoms with Gasteiger partial charge in [0.15, 0.2) is 0 Å². The van der Waals surface area contributed by atoms with E-state index in [1.54, 1.807) is 0 Å². The van der Waals surface area contributed by atoms with E-state index in [2.05, 4.69) is 126 Å². The van der Waals surface area contributed by atoms with Gasteiger partial charge in [-0.25, -0.2) is 0 Å². The van der Waals surface area contributed by atoms with E-state index in [1.165, 1.54) is 16.2 Å². The van der Waals surface area contributed by atoms with Gasteiger partial charge in [0.05, 0.1) is 55.7 Å². The molecule has 70 heavy (non-hydrogen) atoms. The number of halogens is 1. The molecule has 0 spiro atoms. The molecule has 6 aromatic carbocycles. The molecule has 3 aliphatic heterocycles. The van der Waals surface area contributed by atoms with Gasteiger partial charge in [-0.2, -0.15) is 0 Å². The van der Waals surface area contributed by atoms with Crippen molar-refractivity contribution in [3.63, 3.8) is 0 Å². The van der Waals surface area contributed by atoms with Crippen LogP contribution in [0.4, 0.5) is 0 Å². The number of rotatable bonds is 6. The van der Waals surface area contributed by atoms with Crippen molar-refractivity contribution in [1.82, 2.24) is 9.13 Å². The quantitative estimate of drug-likeness (QED) is 0.120. The minimum atomic E-state index is -0.476. The molecule has 10 nitrogen and oxygen atoms in total. The number of aldehydes is 2. The predicted molar refractivity (Wildman–Crippen MR) is 288 cm³/mol. The average molecular weight is 1000 g/mol. The molecule has 0 radical (unpaired) electrons. The Balaban J connectivity index is 0.000000135. The van der Waals surface area contributed by atoms with E-state index in [0.29, 0.717) is 11.1 Å². The second kappa shape index (κ2) is 18.1. The Morgan fingerprint density at radius 2 is 0.743 bits per heavy atom. The Morgan fingerprint density at radius 3 is 1.14 bits per heavy atom. The lowest BCUT2D eigenvalue weighted by Crippen LogP contribution is -2.41. The fourth-order valence-electron chi connectivity index (χ4n) is 9.02. The summed E-state index contributed by atoms with van der Waals surface area (Å²) in [6.07, 6.45) is 1.74. The molecule has 0 atom stereocenters. The van der Waals surface area contributed by atoms with Crippen LogP contribution < -0.4 is 5.46 Å². The molecule has 5 heterocycles. The zero-order chi connectivity index (χ0) is 50.2. The third kappa shape index (κ3) is 8.91. The minimum absolute atomic E-state index is 0.360. The number of para-hydroxylation sites is 2. The zero-order valence-electron chi connectivity index (χ0n) is 42.1. The van der Waals surface area contributed by atoms with Crippen molar-refractivity contribution in [1.29, 1.82) is 0 Å². The van der Waals surface area contributed by atoms with Crippen molar-refractivity contribution >= 4 is 98.7 Å². The summed E-state index contributed by atoms with van der Waals surface area (Å²) in [5.74, 6) is 0. The van der Waals surface area contributed by atoms with Crippen molar-refractivity contribution in [2.45, 2.75) is 117 Å². The van der Waals surface area contributed by atoms with Gasteiger partial charge >= 0.3 is 21.1 Å². The molecule has 11 rings (SSSR count). The van der Waals surface area contributed by atoms with Crippen LogP contribution in [0, 0.1) is 0 Å². The Hall–Kier alpha value is -5.31. The summed E-state index contributed by atoms with van der Waals surface area (Å²) >= 11 is 3.55. The van der Waals surface area contributed by atoms with Crippen molar-refractivity contribution in [3.8, 4) is 11.4 Å². The smallest absolute Gasteiger partial charge is 0.405 e. The first-order valence-corrected chi connectivity index (χ1v) is 24.7. The lowest BCUT2D eigenvalue weighted by molar-refractivity contribution is 0.00578. The molecule has 0 bridgehead atoms. The van der Waals surface area contributed by atoms with E-state index < -0.39 is 21.1 Å². The van der Waals surface area contributed by atoms with Crippen LogP contribution in [0.5, 0.6) is 0 Å². The van der Waals surface area contributed by atoms with Gasteiger partial charge in [0.2, 0.25) is 0 Å². The van der Waals surface area contributed by atoms with Crippen LogP contribution in [0.25, 0.3) is 55.0 Å². The highest BCUT2D eigenvalue weighted by Crippen LogP contribution is 2.43. The molecule has 358 valence electrons. The van der Waals surface area contributed by atoms with Gasteiger partial charge in [0.1, 0.15) is 12.6 Å². The van der Waals surface area contributed by atoms with Crippen LogP contribution in [0.1, 0.15) is 104 Å². The monoisotopic (exact) mass is 1000 g/mol. The summed E-state index contributed by atoms with van der Waals surface area (Å²) in [5.41, 5.74) is 6.81. The maximum atomic E-state index is 11.1. The summed E-state index contributed by atoms with van der Waals surface area (Å²) in [5, 5.41) is 4.75. The van der Waals surface area contributed by atoms with Crippen LogP contribution in [0.15, 0.2) is 138 Å². The summed E-state index contributed by atoms with van der Waals surface area (Å²) < 4.78 is 41.9. The molecule has 0 saturated carbocycles. The first-order valence-electron chi connectivity index (χ1n) is 23.9. The third-order valence-corrected chi connectivity index (χ3v) is 15.7. The number of carbonyl (C=O) groups is 2. The molecule has 0 amide bonds. The van der Waals surface area contributed by atoms with Crippen LogP contribution >= 0.6 is 15.9 Å². The van der Waals surface area contributed by atoms with Gasteiger partial charge in [-0.3, -0.25) is 9.59 Å². The summed E-state index contributed by atoms with van der Waals surface area (Å²) in [4.78, 5) is 21.9. The zero-order valence-corrected chi connectivity index (χ0v) is 43.7. The van der Waals surface area contributed by atoms with E-state index in [4.69, 9.17) is 27.9 Å². The number of benzene rings is 6. The highest BCUT2D eigenvalue weighted by atomic mass is 79.9. The number of fused-ring (bicyclic) bond motifs is 6. The van der Waals surface area contributed by atoms with Gasteiger partial charge in [0, 0.05) is 48.5 Å². The standard InChI is InChI=1S/C25H24BNO3.C19H12BrNO.C12H24B2O4/c1-24(2)25(3,4)30-26(29-24)18-11-14-23-21(15-18)20-7-5-6-8-22(20)27(23)19-12-9-17(16-28)10-13-19;20-14-7-10-19-17(11-14)16-3-1-2-4-18(16)21(19)15-8-5-13(12-22)6-9-15;1-9(2)10(3,4)16-13(15-9)14-17-11(5,6)12(7,8)18-14/h5-16H,1-4H3;1-12H;1-8H3. The second-order valence-corrected chi connectivity index (χ2v) is 22.3. The topological polar surface area (TPSA) is 99.4 Å². The first kappa shape index (κ1) is 49.7. The van der Waals surface area contributed by atoms with Gasteiger partial charge < -0.3 is 37.1 Å². The molecule has 2 aromatic heterocycles.